The maximum atomic E-state index is 11.5. The average molecular weight is 179 g/mol. The summed E-state index contributed by atoms with van der Waals surface area (Å²) in [6.45, 7) is 3.61. The summed E-state index contributed by atoms with van der Waals surface area (Å²) in [7, 11) is 3.42. The summed E-state index contributed by atoms with van der Waals surface area (Å²) in [5.74, 6) is 0.630. The molecule has 1 amide bonds. The lowest BCUT2D eigenvalue weighted by Crippen LogP contribution is -2.23. The van der Waals surface area contributed by atoms with Crippen LogP contribution in [0.15, 0.2) is 6.20 Å². The number of carbonyl (C=O) groups is 1. The lowest BCUT2D eigenvalue weighted by molar-refractivity contribution is 0.0826. The third-order valence-electron chi connectivity index (χ3n) is 1.74. The summed E-state index contributed by atoms with van der Waals surface area (Å²) in [6.07, 6.45) is 1.57. The van der Waals surface area contributed by atoms with E-state index >= 15 is 0 Å². The van der Waals surface area contributed by atoms with Crippen LogP contribution in [-0.2, 0) is 0 Å². The zero-order chi connectivity index (χ0) is 10.0. The van der Waals surface area contributed by atoms with Gasteiger partial charge in [0.1, 0.15) is 5.82 Å². The normalized spacial score (nSPS) is 9.85. The van der Waals surface area contributed by atoms with Crippen molar-refractivity contribution in [2.75, 3.05) is 14.1 Å². The molecule has 0 N–H and O–H groups in total. The Balaban J connectivity index is 3.09. The van der Waals surface area contributed by atoms with Gasteiger partial charge in [0.15, 0.2) is 0 Å². The summed E-state index contributed by atoms with van der Waals surface area (Å²) >= 11 is 0. The van der Waals surface area contributed by atoms with Crippen LogP contribution in [0.5, 0.6) is 0 Å². The number of hydrogen-bond donors (Lipinski definition) is 0. The molecule has 0 saturated heterocycles. The van der Waals surface area contributed by atoms with Crippen LogP contribution in [0.2, 0.25) is 0 Å². The first-order chi connectivity index (χ1) is 6.02. The quantitative estimate of drug-likeness (QED) is 0.640. The van der Waals surface area contributed by atoms with Crippen molar-refractivity contribution in [3.63, 3.8) is 0 Å². The molecule has 0 aromatic carbocycles. The van der Waals surface area contributed by atoms with E-state index in [-0.39, 0.29) is 5.91 Å². The SMILES string of the molecule is Cc1ncc(C(=O)N(C)C)c(C)n1. The van der Waals surface area contributed by atoms with Gasteiger partial charge in [-0.1, -0.05) is 0 Å². The Morgan fingerprint density at radius 1 is 1.38 bits per heavy atom. The number of rotatable bonds is 1. The second-order valence-corrected chi connectivity index (χ2v) is 3.12. The highest BCUT2D eigenvalue weighted by atomic mass is 16.2. The number of aryl methyl sites for hydroxylation is 2. The molecule has 0 fully saturated rings. The molecule has 1 heterocycles. The predicted molar refractivity (Wildman–Crippen MR) is 49.5 cm³/mol. The fraction of sp³-hybridized carbons (Fsp3) is 0.444. The molecule has 0 radical (unpaired) electrons. The maximum absolute atomic E-state index is 11.5. The van der Waals surface area contributed by atoms with Gasteiger partial charge in [0.2, 0.25) is 0 Å². The van der Waals surface area contributed by atoms with E-state index in [2.05, 4.69) is 9.97 Å². The monoisotopic (exact) mass is 179 g/mol. The molecule has 0 aliphatic rings. The van der Waals surface area contributed by atoms with Gasteiger partial charge >= 0.3 is 0 Å². The van der Waals surface area contributed by atoms with Crippen molar-refractivity contribution in [2.45, 2.75) is 13.8 Å². The van der Waals surface area contributed by atoms with Crippen molar-refractivity contribution < 1.29 is 4.79 Å². The molecule has 0 atom stereocenters. The van der Waals surface area contributed by atoms with Gasteiger partial charge in [-0.25, -0.2) is 9.97 Å². The Labute approximate surface area is 77.6 Å². The van der Waals surface area contributed by atoms with E-state index in [0.717, 1.165) is 5.69 Å². The summed E-state index contributed by atoms with van der Waals surface area (Å²) in [5, 5.41) is 0. The van der Waals surface area contributed by atoms with Crippen molar-refractivity contribution in [2.24, 2.45) is 0 Å². The van der Waals surface area contributed by atoms with E-state index in [1.807, 2.05) is 6.92 Å². The minimum Gasteiger partial charge on any atom is -0.345 e. The second-order valence-electron chi connectivity index (χ2n) is 3.12. The highest BCUT2D eigenvalue weighted by molar-refractivity contribution is 5.94. The van der Waals surface area contributed by atoms with Gasteiger partial charge in [-0.05, 0) is 13.8 Å². The number of aromatic nitrogens is 2. The second kappa shape index (κ2) is 3.51. The molecule has 0 spiro atoms. The van der Waals surface area contributed by atoms with E-state index < -0.39 is 0 Å². The summed E-state index contributed by atoms with van der Waals surface area (Å²) < 4.78 is 0. The third-order valence-corrected chi connectivity index (χ3v) is 1.74. The van der Waals surface area contributed by atoms with Crippen LogP contribution in [-0.4, -0.2) is 34.9 Å². The molecular weight excluding hydrogens is 166 g/mol. The first-order valence-electron chi connectivity index (χ1n) is 4.04. The number of carbonyl (C=O) groups excluding carboxylic acids is 1. The van der Waals surface area contributed by atoms with Gasteiger partial charge < -0.3 is 4.90 Å². The fourth-order valence-corrected chi connectivity index (χ4v) is 1.03. The summed E-state index contributed by atoms with van der Waals surface area (Å²) in [5.41, 5.74) is 1.29. The van der Waals surface area contributed by atoms with Crippen LogP contribution in [0.25, 0.3) is 0 Å². The Hall–Kier alpha value is -1.45. The van der Waals surface area contributed by atoms with E-state index in [1.165, 1.54) is 4.90 Å². The van der Waals surface area contributed by atoms with Crippen molar-refractivity contribution in [3.05, 3.63) is 23.3 Å². The Morgan fingerprint density at radius 2 is 2.00 bits per heavy atom. The van der Waals surface area contributed by atoms with Crippen molar-refractivity contribution >= 4 is 5.91 Å². The molecule has 70 valence electrons. The summed E-state index contributed by atoms with van der Waals surface area (Å²) in [6, 6.07) is 0. The van der Waals surface area contributed by atoms with Crippen molar-refractivity contribution in [1.29, 1.82) is 0 Å². The zero-order valence-corrected chi connectivity index (χ0v) is 8.33. The van der Waals surface area contributed by atoms with E-state index in [1.54, 1.807) is 27.2 Å². The Morgan fingerprint density at radius 3 is 2.46 bits per heavy atom. The number of nitrogens with zero attached hydrogens (tertiary/aromatic N) is 3. The molecular formula is C9H13N3O. The van der Waals surface area contributed by atoms with Gasteiger partial charge in [0.25, 0.3) is 5.91 Å². The average Bonchev–Trinajstić information content (AvgIpc) is 2.03. The third kappa shape index (κ3) is 2.02. The molecule has 1 rings (SSSR count). The van der Waals surface area contributed by atoms with Gasteiger partial charge in [0, 0.05) is 20.3 Å². The fourth-order valence-electron chi connectivity index (χ4n) is 1.03. The first-order valence-corrected chi connectivity index (χ1v) is 4.04. The van der Waals surface area contributed by atoms with Gasteiger partial charge in [0.05, 0.1) is 11.3 Å². The minimum absolute atomic E-state index is 0.0579. The molecule has 4 nitrogen and oxygen atoms in total. The van der Waals surface area contributed by atoms with E-state index in [0.29, 0.717) is 11.4 Å². The van der Waals surface area contributed by atoms with Crippen LogP contribution >= 0.6 is 0 Å². The molecule has 1 aromatic heterocycles. The largest absolute Gasteiger partial charge is 0.345 e. The van der Waals surface area contributed by atoms with Crippen molar-refractivity contribution in [1.82, 2.24) is 14.9 Å². The molecule has 0 saturated carbocycles. The molecule has 0 unspecified atom stereocenters. The van der Waals surface area contributed by atoms with Gasteiger partial charge in [-0.3, -0.25) is 4.79 Å². The van der Waals surface area contributed by atoms with Crippen molar-refractivity contribution in [3.8, 4) is 0 Å². The number of amides is 1. The molecule has 0 bridgehead atoms. The number of hydrogen-bond acceptors (Lipinski definition) is 3. The molecule has 0 aliphatic heterocycles. The summed E-state index contributed by atoms with van der Waals surface area (Å²) in [4.78, 5) is 21.1. The van der Waals surface area contributed by atoms with Gasteiger partial charge in [-0.15, -0.1) is 0 Å². The lowest BCUT2D eigenvalue weighted by Gasteiger charge is -2.11. The molecule has 13 heavy (non-hydrogen) atoms. The van der Waals surface area contributed by atoms with Crippen LogP contribution in [0, 0.1) is 13.8 Å². The molecule has 4 heteroatoms. The highest BCUT2D eigenvalue weighted by Gasteiger charge is 2.11. The minimum atomic E-state index is -0.0579. The van der Waals surface area contributed by atoms with E-state index in [4.69, 9.17) is 0 Å². The van der Waals surface area contributed by atoms with Crippen LogP contribution in [0.1, 0.15) is 21.9 Å². The Bertz CT molecular complexity index is 334. The van der Waals surface area contributed by atoms with Crippen LogP contribution in [0.3, 0.4) is 0 Å². The van der Waals surface area contributed by atoms with Crippen LogP contribution in [0.4, 0.5) is 0 Å². The smallest absolute Gasteiger partial charge is 0.256 e. The zero-order valence-electron chi connectivity index (χ0n) is 8.33. The van der Waals surface area contributed by atoms with Gasteiger partial charge in [-0.2, -0.15) is 0 Å². The molecule has 0 aliphatic carbocycles. The Kier molecular flexibility index (Phi) is 2.60. The maximum Gasteiger partial charge on any atom is 0.256 e. The first kappa shape index (κ1) is 9.64. The highest BCUT2D eigenvalue weighted by Crippen LogP contribution is 2.05. The van der Waals surface area contributed by atoms with E-state index in [9.17, 15) is 4.79 Å². The lowest BCUT2D eigenvalue weighted by atomic mass is 10.2. The topological polar surface area (TPSA) is 46.1 Å². The molecule has 1 aromatic rings. The van der Waals surface area contributed by atoms with Crippen LogP contribution < -0.4 is 0 Å². The standard InChI is InChI=1S/C9H13N3O/c1-6-8(9(13)12(3)4)5-10-7(2)11-6/h5H,1-4H3. The predicted octanol–water partition coefficient (Wildman–Crippen LogP) is 0.795.